The van der Waals surface area contributed by atoms with E-state index in [9.17, 15) is 14.4 Å². The fraction of sp³-hybridized carbons (Fsp3) is 0.136. The molecule has 4 amide bonds. The topological polar surface area (TPSA) is 105 Å². The Morgan fingerprint density at radius 1 is 0.897 bits per heavy atom. The van der Waals surface area contributed by atoms with Gasteiger partial charge in [-0.05, 0) is 35.7 Å². The zero-order valence-electron chi connectivity index (χ0n) is 15.6. The second-order valence-corrected chi connectivity index (χ2v) is 6.96. The van der Waals surface area contributed by atoms with Gasteiger partial charge in [0.25, 0.3) is 0 Å². The highest BCUT2D eigenvalue weighted by Gasteiger charge is 2.35. The van der Waals surface area contributed by atoms with Crippen molar-refractivity contribution in [3.63, 3.8) is 0 Å². The summed E-state index contributed by atoms with van der Waals surface area (Å²) in [6.45, 7) is 0.333. The number of nitrogens with one attached hydrogen (secondary N) is 2. The standard InChI is InChI=1S/C22H20N4O3/c23-22(29)25-17-10-8-16(9-11-17)24-21(28)15-12-20(27)26(13-15)19-7-3-5-14-4-1-2-6-18(14)19/h1-11,15H,12-13H2,(H,24,28)(H3,23,25,29). The number of nitrogens with two attached hydrogens (primary N) is 1. The molecule has 1 aliphatic rings. The molecule has 1 fully saturated rings. The lowest BCUT2D eigenvalue weighted by Gasteiger charge is -2.19. The highest BCUT2D eigenvalue weighted by molar-refractivity contribution is 6.08. The number of carbonyl (C=O) groups excluding carboxylic acids is 3. The van der Waals surface area contributed by atoms with Crippen molar-refractivity contribution >= 4 is 45.7 Å². The SMILES string of the molecule is NC(=O)Nc1ccc(NC(=O)C2CC(=O)N(c3cccc4ccccc34)C2)cc1. The van der Waals surface area contributed by atoms with Gasteiger partial charge in [0.15, 0.2) is 0 Å². The van der Waals surface area contributed by atoms with E-state index < -0.39 is 11.9 Å². The van der Waals surface area contributed by atoms with Crippen LogP contribution in [0.15, 0.2) is 66.7 Å². The first-order valence-corrected chi connectivity index (χ1v) is 9.27. The Morgan fingerprint density at radius 2 is 1.55 bits per heavy atom. The van der Waals surface area contributed by atoms with Crippen LogP contribution in [0.5, 0.6) is 0 Å². The highest BCUT2D eigenvalue weighted by Crippen LogP contribution is 2.32. The van der Waals surface area contributed by atoms with Crippen LogP contribution in [0.3, 0.4) is 0 Å². The number of fused-ring (bicyclic) bond motifs is 1. The molecular formula is C22H20N4O3. The molecule has 146 valence electrons. The van der Waals surface area contributed by atoms with Crippen LogP contribution in [0.2, 0.25) is 0 Å². The van der Waals surface area contributed by atoms with Crippen LogP contribution in [0.25, 0.3) is 10.8 Å². The molecule has 3 aromatic rings. The number of nitrogens with zero attached hydrogens (tertiary/aromatic N) is 1. The number of benzene rings is 3. The van der Waals surface area contributed by atoms with Gasteiger partial charge in [0.05, 0.1) is 11.6 Å². The zero-order valence-corrected chi connectivity index (χ0v) is 15.6. The monoisotopic (exact) mass is 388 g/mol. The first kappa shape index (κ1) is 18.5. The minimum Gasteiger partial charge on any atom is -0.351 e. The number of primary amides is 1. The molecule has 0 aliphatic carbocycles. The van der Waals surface area contributed by atoms with Crippen molar-refractivity contribution in [1.29, 1.82) is 0 Å². The van der Waals surface area contributed by atoms with E-state index in [4.69, 9.17) is 5.73 Å². The van der Waals surface area contributed by atoms with Crippen molar-refractivity contribution in [2.75, 3.05) is 22.1 Å². The van der Waals surface area contributed by atoms with Gasteiger partial charge in [-0.1, -0.05) is 36.4 Å². The number of urea groups is 1. The van der Waals surface area contributed by atoms with Gasteiger partial charge in [-0.25, -0.2) is 4.79 Å². The Bertz CT molecular complexity index is 1090. The number of amides is 4. The third-order valence-corrected chi connectivity index (χ3v) is 4.97. The Morgan fingerprint density at radius 3 is 2.28 bits per heavy atom. The zero-order chi connectivity index (χ0) is 20.4. The number of hydrogen-bond donors (Lipinski definition) is 3. The lowest BCUT2D eigenvalue weighted by Crippen LogP contribution is -2.28. The Labute approximate surface area is 167 Å². The third-order valence-electron chi connectivity index (χ3n) is 4.97. The van der Waals surface area contributed by atoms with Gasteiger partial charge in [0, 0.05) is 29.7 Å². The van der Waals surface area contributed by atoms with E-state index in [2.05, 4.69) is 10.6 Å². The van der Waals surface area contributed by atoms with Gasteiger partial charge in [-0.2, -0.15) is 0 Å². The molecule has 7 nitrogen and oxygen atoms in total. The van der Waals surface area contributed by atoms with E-state index in [0.29, 0.717) is 17.9 Å². The molecule has 1 heterocycles. The molecule has 29 heavy (non-hydrogen) atoms. The van der Waals surface area contributed by atoms with E-state index >= 15 is 0 Å². The average molecular weight is 388 g/mol. The summed E-state index contributed by atoms with van der Waals surface area (Å²) in [5.74, 6) is -0.718. The summed E-state index contributed by atoms with van der Waals surface area (Å²) in [6, 6.07) is 19.7. The number of rotatable bonds is 4. The molecule has 3 aromatic carbocycles. The van der Waals surface area contributed by atoms with E-state index in [1.165, 1.54) is 0 Å². The van der Waals surface area contributed by atoms with E-state index in [1.54, 1.807) is 29.2 Å². The maximum Gasteiger partial charge on any atom is 0.316 e. The predicted molar refractivity (Wildman–Crippen MR) is 113 cm³/mol. The normalized spacial score (nSPS) is 16.1. The number of carbonyl (C=O) groups is 3. The van der Waals surface area contributed by atoms with Crippen LogP contribution >= 0.6 is 0 Å². The molecule has 1 atom stereocenters. The second kappa shape index (κ2) is 7.63. The summed E-state index contributed by atoms with van der Waals surface area (Å²) < 4.78 is 0. The minimum absolute atomic E-state index is 0.0671. The molecule has 0 spiro atoms. The maximum atomic E-state index is 12.7. The minimum atomic E-state index is -0.653. The highest BCUT2D eigenvalue weighted by atomic mass is 16.2. The van der Waals surface area contributed by atoms with Crippen molar-refractivity contribution < 1.29 is 14.4 Å². The van der Waals surface area contributed by atoms with Gasteiger partial charge in [-0.3, -0.25) is 9.59 Å². The molecule has 1 unspecified atom stereocenters. The Kier molecular flexibility index (Phi) is 4.87. The summed E-state index contributed by atoms with van der Waals surface area (Å²) >= 11 is 0. The molecule has 7 heteroatoms. The van der Waals surface area contributed by atoms with Crippen LogP contribution < -0.4 is 21.3 Å². The third kappa shape index (κ3) is 3.89. The molecule has 4 N–H and O–H groups in total. The smallest absolute Gasteiger partial charge is 0.316 e. The number of anilines is 3. The molecule has 1 saturated heterocycles. The van der Waals surface area contributed by atoms with Crippen molar-refractivity contribution in [3.05, 3.63) is 66.7 Å². The van der Waals surface area contributed by atoms with Gasteiger partial charge in [0.2, 0.25) is 11.8 Å². The first-order valence-electron chi connectivity index (χ1n) is 9.27. The van der Waals surface area contributed by atoms with Crippen molar-refractivity contribution in [3.8, 4) is 0 Å². The summed E-state index contributed by atoms with van der Waals surface area (Å²) in [4.78, 5) is 37.9. The van der Waals surface area contributed by atoms with Crippen molar-refractivity contribution in [2.45, 2.75) is 6.42 Å². The predicted octanol–water partition coefficient (Wildman–Crippen LogP) is 3.32. The molecular weight excluding hydrogens is 368 g/mol. The molecule has 4 rings (SSSR count). The number of hydrogen-bond acceptors (Lipinski definition) is 3. The van der Waals surface area contributed by atoms with Crippen LogP contribution in [0.1, 0.15) is 6.42 Å². The van der Waals surface area contributed by atoms with Gasteiger partial charge in [-0.15, -0.1) is 0 Å². The summed E-state index contributed by atoms with van der Waals surface area (Å²) in [6.07, 6.45) is 0.163. The van der Waals surface area contributed by atoms with Gasteiger partial charge < -0.3 is 21.3 Å². The van der Waals surface area contributed by atoms with Gasteiger partial charge >= 0.3 is 6.03 Å². The molecule has 0 saturated carbocycles. The van der Waals surface area contributed by atoms with Crippen molar-refractivity contribution in [1.82, 2.24) is 0 Å². The molecule has 1 aliphatic heterocycles. The van der Waals surface area contributed by atoms with Crippen molar-refractivity contribution in [2.24, 2.45) is 11.7 Å². The largest absolute Gasteiger partial charge is 0.351 e. The second-order valence-electron chi connectivity index (χ2n) is 6.96. The summed E-state index contributed by atoms with van der Waals surface area (Å²) in [5.41, 5.74) is 7.02. The van der Waals surface area contributed by atoms with Gasteiger partial charge in [0.1, 0.15) is 0 Å². The Balaban J connectivity index is 1.47. The van der Waals surface area contributed by atoms with E-state index in [1.807, 2.05) is 42.5 Å². The van der Waals surface area contributed by atoms with Crippen LogP contribution in [0.4, 0.5) is 21.9 Å². The molecule has 0 bridgehead atoms. The van der Waals surface area contributed by atoms with Crippen LogP contribution in [-0.2, 0) is 9.59 Å². The first-order chi connectivity index (χ1) is 14.0. The lowest BCUT2D eigenvalue weighted by molar-refractivity contribution is -0.122. The van der Waals surface area contributed by atoms with E-state index in [0.717, 1.165) is 16.5 Å². The fourth-order valence-corrected chi connectivity index (χ4v) is 3.58. The summed E-state index contributed by atoms with van der Waals surface area (Å²) in [5, 5.41) is 7.33. The Hall–Kier alpha value is -3.87. The van der Waals surface area contributed by atoms with Crippen LogP contribution in [0, 0.1) is 5.92 Å². The summed E-state index contributed by atoms with van der Waals surface area (Å²) in [7, 11) is 0. The lowest BCUT2D eigenvalue weighted by atomic mass is 10.1. The maximum absolute atomic E-state index is 12.7. The average Bonchev–Trinajstić information content (AvgIpc) is 3.10. The molecule has 0 radical (unpaired) electrons. The fourth-order valence-electron chi connectivity index (χ4n) is 3.58. The van der Waals surface area contributed by atoms with E-state index in [-0.39, 0.29) is 18.2 Å². The van der Waals surface area contributed by atoms with Crippen LogP contribution in [-0.4, -0.2) is 24.4 Å². The molecule has 0 aromatic heterocycles. The quantitative estimate of drug-likeness (QED) is 0.638.